The van der Waals surface area contributed by atoms with Crippen LogP contribution in [-0.4, -0.2) is 41.7 Å². The molecule has 1 aliphatic heterocycles. The maximum absolute atomic E-state index is 13.0. The molecule has 4 nitrogen and oxygen atoms in total. The first kappa shape index (κ1) is 15.9. The minimum atomic E-state index is -0.457. The number of carbonyl (C=O) groups is 1. The number of aliphatic hydroxyl groups is 1. The fourth-order valence-corrected chi connectivity index (χ4v) is 2.16. The Morgan fingerprint density at radius 2 is 2.32 bits per heavy atom. The average Bonchev–Trinajstić information content (AvgIpc) is 2.75. The second-order valence-corrected chi connectivity index (χ2v) is 4.67. The summed E-state index contributed by atoms with van der Waals surface area (Å²) >= 11 is 0. The van der Waals surface area contributed by atoms with E-state index in [2.05, 4.69) is 5.32 Å². The minimum absolute atomic E-state index is 0. The van der Waals surface area contributed by atoms with Gasteiger partial charge < -0.3 is 15.3 Å². The Morgan fingerprint density at radius 3 is 2.89 bits per heavy atom. The van der Waals surface area contributed by atoms with Crippen LogP contribution in [0.3, 0.4) is 0 Å². The maximum Gasteiger partial charge on any atom is 0.239 e. The molecule has 2 atom stereocenters. The molecule has 106 valence electrons. The number of likely N-dealkylation sites (N-methyl/N-ethyl adjacent to an activating group) is 1. The Labute approximate surface area is 118 Å². The highest BCUT2D eigenvalue weighted by atomic mass is 35.5. The molecule has 2 rings (SSSR count). The fourth-order valence-electron chi connectivity index (χ4n) is 2.16. The summed E-state index contributed by atoms with van der Waals surface area (Å²) in [6.07, 6.45) is -0.0201. The van der Waals surface area contributed by atoms with Crippen LogP contribution in [0.25, 0.3) is 0 Å². The first-order valence-electron chi connectivity index (χ1n) is 5.97. The lowest BCUT2D eigenvalue weighted by Gasteiger charge is -2.21. The van der Waals surface area contributed by atoms with E-state index in [1.54, 1.807) is 24.1 Å². The molecule has 1 aromatic rings. The van der Waals surface area contributed by atoms with Gasteiger partial charge in [0.25, 0.3) is 0 Å². The lowest BCUT2D eigenvalue weighted by molar-refractivity contribution is -0.132. The largest absolute Gasteiger partial charge is 0.392 e. The van der Waals surface area contributed by atoms with Crippen LogP contribution in [0, 0.1) is 5.82 Å². The third kappa shape index (κ3) is 4.16. The molecule has 19 heavy (non-hydrogen) atoms. The van der Waals surface area contributed by atoms with E-state index in [0.29, 0.717) is 19.5 Å². The van der Waals surface area contributed by atoms with Gasteiger partial charge in [0.2, 0.25) is 5.91 Å². The van der Waals surface area contributed by atoms with Crippen LogP contribution < -0.4 is 5.32 Å². The van der Waals surface area contributed by atoms with Crippen molar-refractivity contribution >= 4 is 18.3 Å². The Hall–Kier alpha value is -1.17. The minimum Gasteiger partial charge on any atom is -0.392 e. The van der Waals surface area contributed by atoms with Crippen LogP contribution in [0.2, 0.25) is 0 Å². The number of rotatable bonds is 3. The van der Waals surface area contributed by atoms with Gasteiger partial charge in [0.05, 0.1) is 12.1 Å². The van der Waals surface area contributed by atoms with Gasteiger partial charge >= 0.3 is 0 Å². The number of halogens is 2. The van der Waals surface area contributed by atoms with Crippen molar-refractivity contribution in [2.24, 2.45) is 0 Å². The molecule has 1 fully saturated rings. The summed E-state index contributed by atoms with van der Waals surface area (Å²) in [6.45, 7) is 0.815. The zero-order valence-electron chi connectivity index (χ0n) is 10.7. The van der Waals surface area contributed by atoms with E-state index in [0.717, 1.165) is 5.56 Å². The van der Waals surface area contributed by atoms with E-state index in [1.165, 1.54) is 12.1 Å². The van der Waals surface area contributed by atoms with Crippen molar-refractivity contribution in [3.8, 4) is 0 Å². The Morgan fingerprint density at radius 1 is 1.58 bits per heavy atom. The van der Waals surface area contributed by atoms with Gasteiger partial charge in [-0.25, -0.2) is 4.39 Å². The van der Waals surface area contributed by atoms with Gasteiger partial charge in [0, 0.05) is 20.1 Å². The second kappa shape index (κ2) is 6.84. The van der Waals surface area contributed by atoms with E-state index in [-0.39, 0.29) is 30.2 Å². The molecule has 1 saturated heterocycles. The van der Waals surface area contributed by atoms with Crippen molar-refractivity contribution in [1.29, 1.82) is 0 Å². The summed E-state index contributed by atoms with van der Waals surface area (Å²) in [5, 5.41) is 12.3. The highest BCUT2D eigenvalue weighted by Crippen LogP contribution is 2.12. The van der Waals surface area contributed by atoms with Crippen LogP contribution in [0.1, 0.15) is 12.0 Å². The molecule has 0 bridgehead atoms. The highest BCUT2D eigenvalue weighted by Gasteiger charge is 2.29. The van der Waals surface area contributed by atoms with E-state index in [9.17, 15) is 14.3 Å². The summed E-state index contributed by atoms with van der Waals surface area (Å²) in [7, 11) is 1.68. The molecule has 0 aromatic heterocycles. The van der Waals surface area contributed by atoms with Gasteiger partial charge in [-0.15, -0.1) is 12.4 Å². The monoisotopic (exact) mass is 288 g/mol. The molecule has 6 heteroatoms. The van der Waals surface area contributed by atoms with Gasteiger partial charge in [-0.05, 0) is 24.1 Å². The normalized spacial score (nSPS) is 21.8. The fraction of sp³-hybridized carbons (Fsp3) is 0.462. The Kier molecular flexibility index (Phi) is 5.72. The van der Waals surface area contributed by atoms with E-state index < -0.39 is 6.10 Å². The third-order valence-electron chi connectivity index (χ3n) is 3.09. The van der Waals surface area contributed by atoms with E-state index >= 15 is 0 Å². The maximum atomic E-state index is 13.0. The summed E-state index contributed by atoms with van der Waals surface area (Å²) < 4.78 is 13.0. The number of aliphatic hydroxyl groups excluding tert-OH is 1. The number of amides is 1. The van der Waals surface area contributed by atoms with Crippen LogP contribution >= 0.6 is 12.4 Å². The number of nitrogens with one attached hydrogen (secondary N) is 1. The number of nitrogens with zero attached hydrogens (tertiary/aromatic N) is 1. The SMILES string of the molecule is CN(Cc1cccc(F)c1)C(=O)C1CC(O)CN1.Cl. The van der Waals surface area contributed by atoms with Crippen molar-refractivity contribution in [1.82, 2.24) is 10.2 Å². The first-order chi connectivity index (χ1) is 8.56. The van der Waals surface area contributed by atoms with Crippen molar-refractivity contribution < 1.29 is 14.3 Å². The van der Waals surface area contributed by atoms with Gasteiger partial charge in [-0.1, -0.05) is 12.1 Å². The molecule has 1 amide bonds. The van der Waals surface area contributed by atoms with E-state index in [1.807, 2.05) is 0 Å². The van der Waals surface area contributed by atoms with Crippen LogP contribution in [-0.2, 0) is 11.3 Å². The third-order valence-corrected chi connectivity index (χ3v) is 3.09. The zero-order valence-corrected chi connectivity index (χ0v) is 11.5. The van der Waals surface area contributed by atoms with Crippen LogP contribution in [0.4, 0.5) is 4.39 Å². The first-order valence-corrected chi connectivity index (χ1v) is 5.97. The Bertz CT molecular complexity index is 444. The number of β-amino-alcohol motifs (C(OH)–C–C–N with tert-alkyl or cyclic N) is 1. The molecular formula is C13H18ClFN2O2. The quantitative estimate of drug-likeness (QED) is 0.870. The molecule has 0 saturated carbocycles. The van der Waals surface area contributed by atoms with Gasteiger partial charge in [-0.3, -0.25) is 4.79 Å². The zero-order chi connectivity index (χ0) is 13.1. The van der Waals surface area contributed by atoms with Crippen molar-refractivity contribution in [2.75, 3.05) is 13.6 Å². The van der Waals surface area contributed by atoms with E-state index in [4.69, 9.17) is 0 Å². The lowest BCUT2D eigenvalue weighted by atomic mass is 10.1. The molecule has 1 aliphatic rings. The second-order valence-electron chi connectivity index (χ2n) is 4.67. The van der Waals surface area contributed by atoms with Gasteiger partial charge in [0.15, 0.2) is 0 Å². The lowest BCUT2D eigenvalue weighted by Crippen LogP contribution is -2.41. The number of benzene rings is 1. The number of hydrogen-bond acceptors (Lipinski definition) is 3. The Balaban J connectivity index is 0.00000180. The predicted molar refractivity (Wildman–Crippen MR) is 72.5 cm³/mol. The molecule has 1 heterocycles. The van der Waals surface area contributed by atoms with Gasteiger partial charge in [-0.2, -0.15) is 0 Å². The molecular weight excluding hydrogens is 271 g/mol. The molecule has 2 N–H and O–H groups in total. The summed E-state index contributed by atoms with van der Waals surface area (Å²) in [6, 6.07) is 5.86. The molecule has 1 aromatic carbocycles. The van der Waals surface area contributed by atoms with Crippen molar-refractivity contribution in [2.45, 2.75) is 25.1 Å². The predicted octanol–water partition coefficient (Wildman–Crippen LogP) is 0.929. The smallest absolute Gasteiger partial charge is 0.239 e. The summed E-state index contributed by atoms with van der Waals surface area (Å²) in [5.41, 5.74) is 0.754. The van der Waals surface area contributed by atoms with Crippen molar-refractivity contribution in [3.63, 3.8) is 0 Å². The number of carbonyl (C=O) groups excluding carboxylic acids is 1. The van der Waals surface area contributed by atoms with Gasteiger partial charge in [0.1, 0.15) is 5.82 Å². The molecule has 2 unspecified atom stereocenters. The topological polar surface area (TPSA) is 52.6 Å². The summed E-state index contributed by atoms with van der Waals surface area (Å²) in [4.78, 5) is 13.6. The standard InChI is InChI=1S/C13H17FN2O2.ClH/c1-16(8-9-3-2-4-10(14)5-9)13(18)12-6-11(17)7-15-12;/h2-5,11-12,15,17H,6-8H2,1H3;1H. The highest BCUT2D eigenvalue weighted by molar-refractivity contribution is 5.85. The van der Waals surface area contributed by atoms with Crippen LogP contribution in [0.15, 0.2) is 24.3 Å². The van der Waals surface area contributed by atoms with Crippen molar-refractivity contribution in [3.05, 3.63) is 35.6 Å². The average molecular weight is 289 g/mol. The number of hydrogen-bond donors (Lipinski definition) is 2. The molecule has 0 spiro atoms. The summed E-state index contributed by atoms with van der Waals surface area (Å²) in [5.74, 6) is -0.376. The molecule has 0 aliphatic carbocycles. The van der Waals surface area contributed by atoms with Crippen LogP contribution in [0.5, 0.6) is 0 Å². The molecule has 0 radical (unpaired) electrons.